The molecular formula is C11H15NO2S. The largest absolute Gasteiger partial charge is 0.480 e. The number of rotatable bonds is 4. The number of hydrogen-bond donors (Lipinski definition) is 2. The van der Waals surface area contributed by atoms with Crippen LogP contribution in [0.3, 0.4) is 0 Å². The van der Waals surface area contributed by atoms with E-state index in [4.69, 9.17) is 10.8 Å². The van der Waals surface area contributed by atoms with Crippen molar-refractivity contribution in [2.75, 3.05) is 6.26 Å². The Balaban J connectivity index is 2.77. The van der Waals surface area contributed by atoms with E-state index >= 15 is 0 Å². The van der Waals surface area contributed by atoms with Gasteiger partial charge in [-0.1, -0.05) is 12.1 Å². The van der Waals surface area contributed by atoms with Gasteiger partial charge in [0.05, 0.1) is 0 Å². The van der Waals surface area contributed by atoms with Gasteiger partial charge in [-0.05, 0) is 30.9 Å². The van der Waals surface area contributed by atoms with E-state index < -0.39 is 11.5 Å². The molecule has 1 rings (SSSR count). The van der Waals surface area contributed by atoms with Crippen molar-refractivity contribution in [3.8, 4) is 0 Å². The maximum Gasteiger partial charge on any atom is 0.323 e. The average Bonchev–Trinajstić information content (AvgIpc) is 2.18. The Labute approximate surface area is 93.7 Å². The molecule has 1 aromatic rings. The van der Waals surface area contributed by atoms with Crippen LogP contribution in [-0.4, -0.2) is 22.9 Å². The molecule has 1 unspecified atom stereocenters. The smallest absolute Gasteiger partial charge is 0.323 e. The molecular weight excluding hydrogens is 210 g/mol. The number of carboxylic acids is 1. The predicted molar refractivity (Wildman–Crippen MR) is 62.2 cm³/mol. The minimum Gasteiger partial charge on any atom is -0.480 e. The number of hydrogen-bond acceptors (Lipinski definition) is 3. The second-order valence-corrected chi connectivity index (χ2v) is 4.63. The highest BCUT2D eigenvalue weighted by atomic mass is 32.2. The number of carbonyl (C=O) groups is 1. The van der Waals surface area contributed by atoms with Crippen LogP contribution in [0, 0.1) is 0 Å². The summed E-state index contributed by atoms with van der Waals surface area (Å²) in [6.45, 7) is 1.53. The summed E-state index contributed by atoms with van der Waals surface area (Å²) in [6.07, 6.45) is 2.34. The van der Waals surface area contributed by atoms with E-state index in [1.807, 2.05) is 30.5 Å². The van der Waals surface area contributed by atoms with Crippen molar-refractivity contribution >= 4 is 17.7 Å². The SMILES string of the molecule is CSc1ccc(CC(C)(N)C(=O)O)cc1. The van der Waals surface area contributed by atoms with Crippen molar-refractivity contribution in [3.63, 3.8) is 0 Å². The summed E-state index contributed by atoms with van der Waals surface area (Å²) in [5.41, 5.74) is 5.41. The van der Waals surface area contributed by atoms with E-state index in [9.17, 15) is 4.79 Å². The molecule has 15 heavy (non-hydrogen) atoms. The molecule has 82 valence electrons. The number of benzene rings is 1. The first kappa shape index (κ1) is 12.1. The molecule has 0 heterocycles. The van der Waals surface area contributed by atoms with Gasteiger partial charge < -0.3 is 10.8 Å². The van der Waals surface area contributed by atoms with Gasteiger partial charge >= 0.3 is 5.97 Å². The van der Waals surface area contributed by atoms with Gasteiger partial charge in [-0.2, -0.15) is 0 Å². The second kappa shape index (κ2) is 4.68. The Morgan fingerprint density at radius 3 is 2.40 bits per heavy atom. The third-order valence-corrected chi connectivity index (χ3v) is 2.96. The number of nitrogens with two attached hydrogens (primary N) is 1. The third-order valence-electron chi connectivity index (χ3n) is 2.22. The van der Waals surface area contributed by atoms with E-state index in [-0.39, 0.29) is 0 Å². The highest BCUT2D eigenvalue weighted by Crippen LogP contribution is 2.17. The Morgan fingerprint density at radius 2 is 2.00 bits per heavy atom. The fourth-order valence-electron chi connectivity index (χ4n) is 1.24. The van der Waals surface area contributed by atoms with E-state index in [1.54, 1.807) is 11.8 Å². The van der Waals surface area contributed by atoms with Crippen LogP contribution in [0.4, 0.5) is 0 Å². The first-order valence-corrected chi connectivity index (χ1v) is 5.83. The lowest BCUT2D eigenvalue weighted by atomic mass is 9.94. The molecule has 0 aliphatic heterocycles. The van der Waals surface area contributed by atoms with Gasteiger partial charge in [0, 0.05) is 11.3 Å². The molecule has 3 N–H and O–H groups in total. The van der Waals surface area contributed by atoms with Crippen molar-refractivity contribution < 1.29 is 9.90 Å². The van der Waals surface area contributed by atoms with Crippen LogP contribution in [0.2, 0.25) is 0 Å². The summed E-state index contributed by atoms with van der Waals surface area (Å²) in [7, 11) is 0. The number of aliphatic carboxylic acids is 1. The lowest BCUT2D eigenvalue weighted by Crippen LogP contribution is -2.46. The fourth-order valence-corrected chi connectivity index (χ4v) is 1.65. The molecule has 0 amide bonds. The van der Waals surface area contributed by atoms with Crippen LogP contribution in [0.5, 0.6) is 0 Å². The summed E-state index contributed by atoms with van der Waals surface area (Å²) in [5.74, 6) is -0.976. The van der Waals surface area contributed by atoms with E-state index in [0.717, 1.165) is 10.5 Å². The maximum atomic E-state index is 10.8. The molecule has 1 atom stereocenters. The fraction of sp³-hybridized carbons (Fsp3) is 0.364. The highest BCUT2D eigenvalue weighted by molar-refractivity contribution is 7.98. The standard InChI is InChI=1S/C11H15NO2S/c1-11(12,10(13)14)7-8-3-5-9(15-2)6-4-8/h3-6H,7,12H2,1-2H3,(H,13,14). The monoisotopic (exact) mass is 225 g/mol. The molecule has 1 aromatic carbocycles. The van der Waals surface area contributed by atoms with Crippen LogP contribution in [0.25, 0.3) is 0 Å². The first-order valence-electron chi connectivity index (χ1n) is 4.61. The molecule has 4 heteroatoms. The van der Waals surface area contributed by atoms with Crippen LogP contribution >= 0.6 is 11.8 Å². The summed E-state index contributed by atoms with van der Waals surface area (Å²) < 4.78 is 0. The van der Waals surface area contributed by atoms with Gasteiger partial charge in [0.2, 0.25) is 0 Å². The van der Waals surface area contributed by atoms with Crippen molar-refractivity contribution in [1.82, 2.24) is 0 Å². The third kappa shape index (κ3) is 3.25. The normalized spacial score (nSPS) is 14.6. The molecule has 0 fully saturated rings. The van der Waals surface area contributed by atoms with Crippen molar-refractivity contribution in [1.29, 1.82) is 0 Å². The molecule has 0 aliphatic rings. The van der Waals surface area contributed by atoms with E-state index in [0.29, 0.717) is 6.42 Å². The van der Waals surface area contributed by atoms with E-state index in [1.165, 1.54) is 6.92 Å². The minimum atomic E-state index is -1.19. The zero-order chi connectivity index (χ0) is 11.5. The van der Waals surface area contributed by atoms with Crippen molar-refractivity contribution in [3.05, 3.63) is 29.8 Å². The average molecular weight is 225 g/mol. The topological polar surface area (TPSA) is 63.3 Å². The first-order chi connectivity index (χ1) is 6.95. The zero-order valence-electron chi connectivity index (χ0n) is 8.86. The molecule has 0 bridgehead atoms. The van der Waals surface area contributed by atoms with Gasteiger partial charge in [0.1, 0.15) is 5.54 Å². The molecule has 0 saturated carbocycles. The van der Waals surface area contributed by atoms with Crippen LogP contribution in [-0.2, 0) is 11.2 Å². The highest BCUT2D eigenvalue weighted by Gasteiger charge is 2.27. The molecule has 0 spiro atoms. The Kier molecular flexibility index (Phi) is 3.77. The molecule has 0 saturated heterocycles. The van der Waals surface area contributed by atoms with Gasteiger partial charge in [-0.15, -0.1) is 11.8 Å². The maximum absolute atomic E-state index is 10.8. The number of carboxylic acid groups (broad SMARTS) is 1. The van der Waals surface area contributed by atoms with Gasteiger partial charge in [0.15, 0.2) is 0 Å². The summed E-state index contributed by atoms with van der Waals surface area (Å²) in [4.78, 5) is 12.0. The summed E-state index contributed by atoms with van der Waals surface area (Å²) in [6, 6.07) is 7.77. The van der Waals surface area contributed by atoms with Gasteiger partial charge in [0.25, 0.3) is 0 Å². The zero-order valence-corrected chi connectivity index (χ0v) is 9.67. The Bertz CT molecular complexity index is 346. The lowest BCUT2D eigenvalue weighted by molar-refractivity contribution is -0.142. The van der Waals surface area contributed by atoms with Crippen LogP contribution < -0.4 is 5.73 Å². The quantitative estimate of drug-likeness (QED) is 0.766. The van der Waals surface area contributed by atoms with Crippen molar-refractivity contribution in [2.45, 2.75) is 23.8 Å². The molecule has 0 aliphatic carbocycles. The second-order valence-electron chi connectivity index (χ2n) is 3.75. The molecule has 3 nitrogen and oxygen atoms in total. The Morgan fingerprint density at radius 1 is 1.47 bits per heavy atom. The summed E-state index contributed by atoms with van der Waals surface area (Å²) >= 11 is 1.65. The Hall–Kier alpha value is -1.00. The van der Waals surface area contributed by atoms with Gasteiger partial charge in [-0.3, -0.25) is 4.79 Å². The lowest BCUT2D eigenvalue weighted by Gasteiger charge is -2.18. The van der Waals surface area contributed by atoms with E-state index in [2.05, 4.69) is 0 Å². The van der Waals surface area contributed by atoms with Crippen molar-refractivity contribution in [2.24, 2.45) is 5.73 Å². The van der Waals surface area contributed by atoms with Crippen LogP contribution in [0.15, 0.2) is 29.2 Å². The summed E-state index contributed by atoms with van der Waals surface area (Å²) in [5, 5.41) is 8.87. The molecule has 0 radical (unpaired) electrons. The van der Waals surface area contributed by atoms with Crippen LogP contribution in [0.1, 0.15) is 12.5 Å². The number of thioether (sulfide) groups is 1. The predicted octanol–water partition coefficient (Wildman–Crippen LogP) is 1.75. The minimum absolute atomic E-state index is 0.344. The molecule has 0 aromatic heterocycles. The van der Waals surface area contributed by atoms with Gasteiger partial charge in [-0.25, -0.2) is 0 Å².